The van der Waals surface area contributed by atoms with Crippen molar-refractivity contribution >= 4 is 35.4 Å². The molecule has 26 heavy (non-hydrogen) atoms. The van der Waals surface area contributed by atoms with Gasteiger partial charge in [-0.1, -0.05) is 37.1 Å². The number of unbranched alkanes of at least 4 members (excludes halogenated alkanes) is 1. The minimum absolute atomic E-state index is 0.131. The fourth-order valence-corrected chi connectivity index (χ4v) is 4.18. The lowest BCUT2D eigenvalue weighted by Gasteiger charge is -2.31. The Morgan fingerprint density at radius 2 is 1.96 bits per heavy atom. The summed E-state index contributed by atoms with van der Waals surface area (Å²) in [5.41, 5.74) is 0.298. The summed E-state index contributed by atoms with van der Waals surface area (Å²) in [5.74, 6) is 0.401. The number of carbonyl (C=O) groups excluding carboxylic acids is 2. The first-order chi connectivity index (χ1) is 12.2. The second kappa shape index (κ2) is 9.00. The molecule has 0 radical (unpaired) electrons. The molecule has 1 aromatic carbocycles. The van der Waals surface area contributed by atoms with E-state index in [1.165, 1.54) is 0 Å². The molecule has 1 saturated heterocycles. The highest BCUT2D eigenvalue weighted by Crippen LogP contribution is 2.42. The Hall–Kier alpha value is -1.40. The molecule has 2 amide bonds. The van der Waals surface area contributed by atoms with Crippen molar-refractivity contribution in [3.8, 4) is 0 Å². The number of benzene rings is 1. The van der Waals surface area contributed by atoms with Crippen molar-refractivity contribution < 1.29 is 14.3 Å². The summed E-state index contributed by atoms with van der Waals surface area (Å²) in [7, 11) is 0. The van der Waals surface area contributed by atoms with E-state index >= 15 is 0 Å². The van der Waals surface area contributed by atoms with Crippen LogP contribution in [0.2, 0.25) is 5.02 Å². The van der Waals surface area contributed by atoms with Crippen LogP contribution in [0.3, 0.4) is 0 Å². The van der Waals surface area contributed by atoms with Crippen molar-refractivity contribution in [3.05, 3.63) is 34.9 Å². The monoisotopic (exact) mass is 398 g/mol. The zero-order valence-electron chi connectivity index (χ0n) is 15.8. The van der Waals surface area contributed by atoms with Crippen molar-refractivity contribution in [1.82, 2.24) is 10.2 Å². The Bertz CT molecular complexity index is 631. The minimum atomic E-state index is -0.627. The van der Waals surface area contributed by atoms with Gasteiger partial charge in [-0.15, -0.1) is 11.8 Å². The highest BCUT2D eigenvalue weighted by Gasteiger charge is 2.44. The number of amides is 2. The van der Waals surface area contributed by atoms with Crippen LogP contribution in [0.25, 0.3) is 0 Å². The summed E-state index contributed by atoms with van der Waals surface area (Å²) in [5, 5.41) is 3.29. The second-order valence-corrected chi connectivity index (χ2v) is 8.83. The Labute approximate surface area is 164 Å². The predicted molar refractivity (Wildman–Crippen MR) is 106 cm³/mol. The molecule has 1 aliphatic rings. The van der Waals surface area contributed by atoms with Crippen molar-refractivity contribution in [2.24, 2.45) is 0 Å². The highest BCUT2D eigenvalue weighted by atomic mass is 35.5. The van der Waals surface area contributed by atoms with Crippen LogP contribution in [-0.4, -0.2) is 40.8 Å². The lowest BCUT2D eigenvalue weighted by molar-refractivity contribution is -0.125. The molecule has 1 N–H and O–H groups in total. The third kappa shape index (κ3) is 5.55. The van der Waals surface area contributed by atoms with Crippen LogP contribution in [0.5, 0.6) is 0 Å². The molecule has 1 aliphatic heterocycles. The van der Waals surface area contributed by atoms with Crippen LogP contribution in [0.4, 0.5) is 4.79 Å². The van der Waals surface area contributed by atoms with Crippen LogP contribution in [0, 0.1) is 0 Å². The van der Waals surface area contributed by atoms with E-state index in [4.69, 9.17) is 16.3 Å². The van der Waals surface area contributed by atoms with E-state index in [9.17, 15) is 9.59 Å². The van der Waals surface area contributed by atoms with E-state index < -0.39 is 17.7 Å². The second-order valence-electron chi connectivity index (χ2n) is 7.29. The molecule has 7 heteroatoms. The maximum absolute atomic E-state index is 12.8. The number of hydrogen-bond donors (Lipinski definition) is 1. The van der Waals surface area contributed by atoms with Crippen molar-refractivity contribution in [3.63, 3.8) is 0 Å². The van der Waals surface area contributed by atoms with Gasteiger partial charge in [-0.2, -0.15) is 0 Å². The molecule has 5 nitrogen and oxygen atoms in total. The number of rotatable bonds is 5. The van der Waals surface area contributed by atoms with Crippen LogP contribution in [-0.2, 0) is 9.53 Å². The third-order valence-corrected chi connectivity index (χ3v) is 5.47. The number of carbonyl (C=O) groups is 2. The zero-order valence-corrected chi connectivity index (χ0v) is 17.3. The molecule has 0 unspecified atom stereocenters. The number of hydrogen-bond acceptors (Lipinski definition) is 4. The molecule has 0 aliphatic carbocycles. The van der Waals surface area contributed by atoms with Gasteiger partial charge in [-0.25, -0.2) is 4.79 Å². The summed E-state index contributed by atoms with van der Waals surface area (Å²) in [6.45, 7) is 8.15. The molecule has 2 atom stereocenters. The lowest BCUT2D eigenvalue weighted by Crippen LogP contribution is -2.49. The topological polar surface area (TPSA) is 58.6 Å². The van der Waals surface area contributed by atoms with Crippen molar-refractivity contribution in [2.45, 2.75) is 57.6 Å². The molecule has 1 fully saturated rings. The molecular weight excluding hydrogens is 372 g/mol. The predicted octanol–water partition coefficient (Wildman–Crippen LogP) is 4.61. The molecule has 0 saturated carbocycles. The van der Waals surface area contributed by atoms with Crippen LogP contribution < -0.4 is 5.32 Å². The van der Waals surface area contributed by atoms with Gasteiger partial charge >= 0.3 is 6.09 Å². The quantitative estimate of drug-likeness (QED) is 0.736. The standard InChI is InChI=1S/C19H27ClN2O3S/c1-5-6-11-21-16(23)15-12-26-17(13-7-9-14(20)10-8-13)22(15)18(24)25-19(2,3)4/h7-10,15,17H,5-6,11-12H2,1-4H3,(H,21,23)/t15-,17-/m1/s1. The lowest BCUT2D eigenvalue weighted by atomic mass is 10.1. The Morgan fingerprint density at radius 1 is 1.31 bits per heavy atom. The Balaban J connectivity index is 2.23. The van der Waals surface area contributed by atoms with Gasteiger partial charge in [-0.05, 0) is 44.9 Å². The molecule has 1 heterocycles. The number of halogens is 1. The van der Waals surface area contributed by atoms with Gasteiger partial charge in [-0.3, -0.25) is 9.69 Å². The van der Waals surface area contributed by atoms with Crippen LogP contribution in [0.1, 0.15) is 51.5 Å². The smallest absolute Gasteiger partial charge is 0.412 e. The number of nitrogens with zero attached hydrogens (tertiary/aromatic N) is 1. The van der Waals surface area contributed by atoms with Gasteiger partial charge in [0.25, 0.3) is 0 Å². The van der Waals surface area contributed by atoms with E-state index in [-0.39, 0.29) is 11.3 Å². The fourth-order valence-electron chi connectivity index (χ4n) is 2.64. The van der Waals surface area contributed by atoms with Gasteiger partial charge in [0.15, 0.2) is 0 Å². The number of thioether (sulfide) groups is 1. The summed E-state index contributed by atoms with van der Waals surface area (Å²) in [6.07, 6.45) is 1.44. The summed E-state index contributed by atoms with van der Waals surface area (Å²) in [4.78, 5) is 27.0. The summed E-state index contributed by atoms with van der Waals surface area (Å²) in [6, 6.07) is 6.80. The normalized spacial score (nSPS) is 20.1. The van der Waals surface area contributed by atoms with Crippen LogP contribution >= 0.6 is 23.4 Å². The number of nitrogens with one attached hydrogen (secondary N) is 1. The molecule has 0 aromatic heterocycles. The summed E-state index contributed by atoms with van der Waals surface area (Å²) >= 11 is 7.54. The minimum Gasteiger partial charge on any atom is -0.444 e. The summed E-state index contributed by atoms with van der Waals surface area (Å²) < 4.78 is 5.57. The van der Waals surface area contributed by atoms with E-state index in [0.29, 0.717) is 17.3 Å². The van der Waals surface area contributed by atoms with Crippen LogP contribution in [0.15, 0.2) is 24.3 Å². The van der Waals surface area contributed by atoms with Gasteiger partial charge < -0.3 is 10.1 Å². The molecule has 1 aromatic rings. The van der Waals surface area contributed by atoms with E-state index in [1.807, 2.05) is 32.9 Å². The Morgan fingerprint density at radius 3 is 2.54 bits per heavy atom. The maximum atomic E-state index is 12.8. The third-order valence-electron chi connectivity index (χ3n) is 3.89. The molecule has 0 bridgehead atoms. The first-order valence-corrected chi connectivity index (χ1v) is 10.3. The number of ether oxygens (including phenoxy) is 1. The first kappa shape index (κ1) is 20.9. The van der Waals surface area contributed by atoms with Gasteiger partial charge in [0.05, 0.1) is 0 Å². The molecular formula is C19H27ClN2O3S. The first-order valence-electron chi connectivity index (χ1n) is 8.89. The largest absolute Gasteiger partial charge is 0.444 e. The van der Waals surface area contributed by atoms with E-state index in [0.717, 1.165) is 18.4 Å². The SMILES string of the molecule is CCCCNC(=O)[C@H]1CS[C@H](c2ccc(Cl)cc2)N1C(=O)OC(C)(C)C. The van der Waals surface area contributed by atoms with Crippen molar-refractivity contribution in [2.75, 3.05) is 12.3 Å². The molecule has 2 rings (SSSR count). The van der Waals surface area contributed by atoms with E-state index in [1.54, 1.807) is 28.8 Å². The van der Waals surface area contributed by atoms with Gasteiger partial charge in [0.2, 0.25) is 5.91 Å². The molecule has 0 spiro atoms. The highest BCUT2D eigenvalue weighted by molar-refractivity contribution is 7.99. The molecule has 144 valence electrons. The zero-order chi connectivity index (χ0) is 19.3. The average molecular weight is 399 g/mol. The van der Waals surface area contributed by atoms with E-state index in [2.05, 4.69) is 12.2 Å². The average Bonchev–Trinajstić information content (AvgIpc) is 2.99. The Kier molecular flexibility index (Phi) is 7.24. The van der Waals surface area contributed by atoms with Crippen molar-refractivity contribution in [1.29, 1.82) is 0 Å². The maximum Gasteiger partial charge on any atom is 0.412 e. The van der Waals surface area contributed by atoms with Gasteiger partial charge in [0.1, 0.15) is 17.0 Å². The fraction of sp³-hybridized carbons (Fsp3) is 0.579. The van der Waals surface area contributed by atoms with Gasteiger partial charge in [0, 0.05) is 17.3 Å².